The fraction of sp³-hybridized carbons (Fsp3) is 0.208. The lowest BCUT2D eigenvalue weighted by Crippen LogP contribution is -2.07. The summed E-state index contributed by atoms with van der Waals surface area (Å²) in [4.78, 5) is 12.5. The van der Waals surface area contributed by atoms with Gasteiger partial charge in [0, 0.05) is 17.7 Å². The summed E-state index contributed by atoms with van der Waals surface area (Å²) in [6.45, 7) is 2.16. The number of nitrogen functional groups attached to an aromatic ring is 1. The molecule has 0 aliphatic heterocycles. The largest absolute Gasteiger partial charge is 0.399 e. The minimum atomic E-state index is 0.217. The Balaban J connectivity index is 1.56. The summed E-state index contributed by atoms with van der Waals surface area (Å²) >= 11 is 0. The van der Waals surface area contributed by atoms with Crippen molar-refractivity contribution in [3.63, 3.8) is 0 Å². The molecule has 0 radical (unpaired) electrons. The fourth-order valence-electron chi connectivity index (χ4n) is 3.12. The summed E-state index contributed by atoms with van der Waals surface area (Å²) in [5.41, 5.74) is 10.8. The number of benzene rings is 3. The van der Waals surface area contributed by atoms with Crippen molar-refractivity contribution < 1.29 is 4.79 Å². The molecule has 26 heavy (non-hydrogen) atoms. The first-order valence-corrected chi connectivity index (χ1v) is 9.15. The van der Waals surface area contributed by atoms with Gasteiger partial charge in [-0.3, -0.25) is 4.79 Å². The van der Waals surface area contributed by atoms with Gasteiger partial charge in [0.05, 0.1) is 0 Å². The summed E-state index contributed by atoms with van der Waals surface area (Å²) in [7, 11) is 0. The number of nitrogens with two attached hydrogens (primary N) is 1. The Morgan fingerprint density at radius 1 is 0.846 bits per heavy atom. The van der Waals surface area contributed by atoms with Crippen molar-refractivity contribution in [2.45, 2.75) is 26.2 Å². The van der Waals surface area contributed by atoms with Gasteiger partial charge in [-0.15, -0.1) is 0 Å². The molecule has 0 heterocycles. The number of carbonyl (C=O) groups is 1. The minimum absolute atomic E-state index is 0.217. The summed E-state index contributed by atoms with van der Waals surface area (Å²) < 4.78 is 0. The van der Waals surface area contributed by atoms with Crippen molar-refractivity contribution in [2.24, 2.45) is 5.92 Å². The molecule has 0 fully saturated rings. The van der Waals surface area contributed by atoms with Crippen molar-refractivity contribution in [2.75, 3.05) is 5.73 Å². The van der Waals surface area contributed by atoms with Gasteiger partial charge < -0.3 is 5.73 Å². The highest BCUT2D eigenvalue weighted by Crippen LogP contribution is 2.22. The van der Waals surface area contributed by atoms with Crippen LogP contribution in [0.5, 0.6) is 0 Å². The van der Waals surface area contributed by atoms with E-state index >= 15 is 0 Å². The Morgan fingerprint density at radius 2 is 1.42 bits per heavy atom. The quantitative estimate of drug-likeness (QED) is 0.436. The highest BCUT2D eigenvalue weighted by atomic mass is 16.1. The molecule has 3 aromatic rings. The Bertz CT molecular complexity index is 836. The molecule has 0 aliphatic carbocycles. The van der Waals surface area contributed by atoms with Gasteiger partial charge in [-0.25, -0.2) is 0 Å². The van der Waals surface area contributed by atoms with E-state index in [1.165, 1.54) is 5.56 Å². The lowest BCUT2D eigenvalue weighted by Gasteiger charge is -2.11. The Labute approximate surface area is 155 Å². The third-order valence-electron chi connectivity index (χ3n) is 4.75. The number of aryl methyl sites for hydroxylation is 1. The molecule has 3 aromatic carbocycles. The molecule has 2 heteroatoms. The summed E-state index contributed by atoms with van der Waals surface area (Å²) in [6, 6.07) is 26.1. The van der Waals surface area contributed by atoms with Gasteiger partial charge in [0.15, 0.2) is 5.78 Å². The van der Waals surface area contributed by atoms with Crippen LogP contribution in [-0.2, 0) is 6.42 Å². The van der Waals surface area contributed by atoms with Gasteiger partial charge in [0.1, 0.15) is 0 Å². The van der Waals surface area contributed by atoms with Crippen LogP contribution >= 0.6 is 0 Å². The van der Waals surface area contributed by atoms with Crippen molar-refractivity contribution in [1.82, 2.24) is 0 Å². The van der Waals surface area contributed by atoms with Gasteiger partial charge >= 0.3 is 0 Å². The number of hydrogen-bond donors (Lipinski definition) is 1. The molecule has 0 aromatic heterocycles. The van der Waals surface area contributed by atoms with E-state index in [4.69, 9.17) is 5.73 Å². The van der Waals surface area contributed by atoms with Gasteiger partial charge in [0.25, 0.3) is 0 Å². The first-order valence-electron chi connectivity index (χ1n) is 9.15. The van der Waals surface area contributed by atoms with Crippen LogP contribution in [-0.4, -0.2) is 5.78 Å². The zero-order valence-electron chi connectivity index (χ0n) is 15.2. The average molecular weight is 343 g/mol. The van der Waals surface area contributed by atoms with Crippen LogP contribution in [0.4, 0.5) is 5.69 Å². The van der Waals surface area contributed by atoms with E-state index in [1.807, 2.05) is 54.6 Å². The van der Waals surface area contributed by atoms with Crippen LogP contribution in [0.25, 0.3) is 11.1 Å². The number of carbonyl (C=O) groups excluding carboxylic acids is 1. The van der Waals surface area contributed by atoms with Crippen molar-refractivity contribution >= 4 is 11.5 Å². The van der Waals surface area contributed by atoms with Crippen LogP contribution in [0.3, 0.4) is 0 Å². The van der Waals surface area contributed by atoms with E-state index in [1.54, 1.807) is 0 Å². The molecule has 2 nitrogen and oxygen atoms in total. The normalized spacial score (nSPS) is 11.9. The van der Waals surface area contributed by atoms with Crippen LogP contribution in [0.2, 0.25) is 0 Å². The Kier molecular flexibility index (Phi) is 5.85. The van der Waals surface area contributed by atoms with E-state index in [2.05, 4.69) is 31.2 Å². The first-order chi connectivity index (χ1) is 12.6. The van der Waals surface area contributed by atoms with E-state index in [-0.39, 0.29) is 5.78 Å². The van der Waals surface area contributed by atoms with E-state index in [9.17, 15) is 4.79 Å². The predicted octanol–water partition coefficient (Wildman–Crippen LogP) is 5.78. The molecule has 2 N–H and O–H groups in total. The zero-order valence-corrected chi connectivity index (χ0v) is 15.2. The topological polar surface area (TPSA) is 43.1 Å². The number of ketones is 1. The lowest BCUT2D eigenvalue weighted by molar-refractivity contribution is 0.0963. The van der Waals surface area contributed by atoms with Crippen molar-refractivity contribution in [3.8, 4) is 11.1 Å². The fourth-order valence-corrected chi connectivity index (χ4v) is 3.12. The van der Waals surface area contributed by atoms with Gasteiger partial charge in [-0.05, 0) is 47.6 Å². The van der Waals surface area contributed by atoms with Crippen LogP contribution in [0.15, 0.2) is 78.9 Å². The van der Waals surface area contributed by atoms with Crippen LogP contribution in [0, 0.1) is 5.92 Å². The zero-order chi connectivity index (χ0) is 18.4. The summed E-state index contributed by atoms with van der Waals surface area (Å²) in [5, 5.41) is 0. The molecule has 0 saturated heterocycles. The Hall–Kier alpha value is -2.87. The molecule has 0 aliphatic rings. The average Bonchev–Trinajstić information content (AvgIpc) is 2.68. The lowest BCUT2D eigenvalue weighted by atomic mass is 9.93. The van der Waals surface area contributed by atoms with Gasteiger partial charge in [-0.1, -0.05) is 73.7 Å². The second-order valence-corrected chi connectivity index (χ2v) is 6.96. The monoisotopic (exact) mass is 343 g/mol. The molecule has 3 rings (SSSR count). The number of Topliss-reactive ketones (excluding diaryl/α,β-unsaturated/α-hetero) is 1. The highest BCUT2D eigenvalue weighted by Gasteiger charge is 2.12. The SMILES string of the molecule is CC(CCc1ccccc1)CC(=O)c1ccc(-c2ccc(N)cc2)cc1. The molecule has 0 bridgehead atoms. The number of rotatable bonds is 7. The number of hydrogen-bond acceptors (Lipinski definition) is 2. The van der Waals surface area contributed by atoms with Crippen molar-refractivity contribution in [3.05, 3.63) is 90.0 Å². The maximum absolute atomic E-state index is 12.5. The third-order valence-corrected chi connectivity index (χ3v) is 4.75. The smallest absolute Gasteiger partial charge is 0.163 e. The second kappa shape index (κ2) is 8.48. The first kappa shape index (κ1) is 17.9. The maximum Gasteiger partial charge on any atom is 0.163 e. The standard InChI is InChI=1S/C24H25NO/c1-18(7-8-19-5-3-2-4-6-19)17-24(26)22-11-9-20(10-12-22)21-13-15-23(25)16-14-21/h2-6,9-16,18H,7-8,17,25H2,1H3. The second-order valence-electron chi connectivity index (χ2n) is 6.96. The Morgan fingerprint density at radius 3 is 2.04 bits per heavy atom. The summed E-state index contributed by atoms with van der Waals surface area (Å²) in [5.74, 6) is 0.592. The molecule has 0 saturated carbocycles. The molecule has 1 unspecified atom stereocenters. The third kappa shape index (κ3) is 4.82. The molecule has 132 valence electrons. The van der Waals surface area contributed by atoms with E-state index < -0.39 is 0 Å². The van der Waals surface area contributed by atoms with Gasteiger partial charge in [-0.2, -0.15) is 0 Å². The van der Waals surface area contributed by atoms with E-state index in [0.717, 1.165) is 35.2 Å². The highest BCUT2D eigenvalue weighted by molar-refractivity contribution is 5.96. The maximum atomic E-state index is 12.5. The van der Waals surface area contributed by atoms with Crippen LogP contribution in [0.1, 0.15) is 35.7 Å². The van der Waals surface area contributed by atoms with Crippen molar-refractivity contribution in [1.29, 1.82) is 0 Å². The molecule has 0 amide bonds. The molecule has 0 spiro atoms. The minimum Gasteiger partial charge on any atom is -0.399 e. The molecular formula is C24H25NO. The number of anilines is 1. The molecule has 1 atom stereocenters. The van der Waals surface area contributed by atoms with Crippen LogP contribution < -0.4 is 5.73 Å². The van der Waals surface area contributed by atoms with E-state index in [0.29, 0.717) is 12.3 Å². The van der Waals surface area contributed by atoms with Gasteiger partial charge in [0.2, 0.25) is 0 Å². The molecular weight excluding hydrogens is 318 g/mol. The predicted molar refractivity (Wildman–Crippen MR) is 109 cm³/mol. The summed E-state index contributed by atoms with van der Waals surface area (Å²) in [6.07, 6.45) is 2.64.